The molecule has 1 aromatic rings. The summed E-state index contributed by atoms with van der Waals surface area (Å²) in [6, 6.07) is 5.72. The van der Waals surface area contributed by atoms with Gasteiger partial charge in [0.1, 0.15) is 5.60 Å². The van der Waals surface area contributed by atoms with Gasteiger partial charge in [0.05, 0.1) is 13.2 Å². The van der Waals surface area contributed by atoms with Gasteiger partial charge in [0.25, 0.3) is 0 Å². The molecule has 1 aliphatic carbocycles. The van der Waals surface area contributed by atoms with Crippen molar-refractivity contribution in [2.24, 2.45) is 5.92 Å². The average molecular weight is 302 g/mol. The third-order valence-corrected chi connectivity index (χ3v) is 3.38. The lowest BCUT2D eigenvalue weighted by Crippen LogP contribution is -2.14. The first-order valence-electron chi connectivity index (χ1n) is 8.13. The summed E-state index contributed by atoms with van der Waals surface area (Å²) in [5.74, 6) is 8.05. The van der Waals surface area contributed by atoms with Crippen LogP contribution in [0.25, 0.3) is 0 Å². The maximum absolute atomic E-state index is 9.70. The van der Waals surface area contributed by atoms with E-state index in [9.17, 15) is 5.11 Å². The lowest BCUT2D eigenvalue weighted by molar-refractivity contribution is 0.143. The van der Waals surface area contributed by atoms with Gasteiger partial charge in [-0.3, -0.25) is 0 Å². The number of unbranched alkanes of at least 4 members (excludes halogenated alkanes) is 1. The second-order valence-electron chi connectivity index (χ2n) is 6.43. The van der Waals surface area contributed by atoms with Gasteiger partial charge in [-0.2, -0.15) is 0 Å². The molecule has 0 amide bonds. The lowest BCUT2D eigenvalue weighted by Gasteiger charge is -2.13. The van der Waals surface area contributed by atoms with Crippen LogP contribution < -0.4 is 9.47 Å². The highest BCUT2D eigenvalue weighted by Gasteiger charge is 2.22. The van der Waals surface area contributed by atoms with Crippen LogP contribution in [0.4, 0.5) is 0 Å². The molecule has 0 aromatic heterocycles. The second-order valence-corrected chi connectivity index (χ2v) is 6.43. The average Bonchev–Trinajstić information content (AvgIpc) is 3.28. The summed E-state index contributed by atoms with van der Waals surface area (Å²) in [6.07, 6.45) is 4.64. The Balaban J connectivity index is 2.11. The Hall–Kier alpha value is -1.66. The van der Waals surface area contributed by atoms with Gasteiger partial charge in [0, 0.05) is 5.56 Å². The third-order valence-electron chi connectivity index (χ3n) is 3.38. The quantitative estimate of drug-likeness (QED) is 0.615. The summed E-state index contributed by atoms with van der Waals surface area (Å²) in [5, 5.41) is 9.70. The van der Waals surface area contributed by atoms with Gasteiger partial charge in [-0.1, -0.05) is 25.2 Å². The SMILES string of the molecule is CCCCOc1cc(C#CC(C)(C)O)ccc1OCC1CC1. The van der Waals surface area contributed by atoms with Crippen LogP contribution in [0.15, 0.2) is 18.2 Å². The van der Waals surface area contributed by atoms with Crippen molar-refractivity contribution in [1.29, 1.82) is 0 Å². The van der Waals surface area contributed by atoms with Crippen LogP contribution in [0, 0.1) is 17.8 Å². The van der Waals surface area contributed by atoms with E-state index < -0.39 is 5.60 Å². The fourth-order valence-electron chi connectivity index (χ4n) is 1.86. The summed E-state index contributed by atoms with van der Waals surface area (Å²) in [6.45, 7) is 6.92. The van der Waals surface area contributed by atoms with Crippen molar-refractivity contribution in [3.8, 4) is 23.3 Å². The zero-order valence-electron chi connectivity index (χ0n) is 13.8. The molecule has 0 atom stereocenters. The molecule has 0 aliphatic heterocycles. The van der Waals surface area contributed by atoms with Crippen LogP contribution in [0.1, 0.15) is 52.0 Å². The van der Waals surface area contributed by atoms with Gasteiger partial charge in [-0.25, -0.2) is 0 Å². The van der Waals surface area contributed by atoms with Gasteiger partial charge in [-0.15, -0.1) is 0 Å². The number of hydrogen-bond acceptors (Lipinski definition) is 3. The van der Waals surface area contributed by atoms with Crippen molar-refractivity contribution in [2.75, 3.05) is 13.2 Å². The monoisotopic (exact) mass is 302 g/mol. The molecular formula is C19H26O3. The Morgan fingerprint density at radius 2 is 2.00 bits per heavy atom. The first-order valence-corrected chi connectivity index (χ1v) is 8.13. The topological polar surface area (TPSA) is 38.7 Å². The summed E-state index contributed by atoms with van der Waals surface area (Å²) in [5.41, 5.74) is -0.169. The molecule has 1 N–H and O–H groups in total. The van der Waals surface area contributed by atoms with E-state index in [1.807, 2.05) is 18.2 Å². The lowest BCUT2D eigenvalue weighted by atomic mass is 10.1. The molecule has 0 saturated heterocycles. The van der Waals surface area contributed by atoms with Crippen LogP contribution in [0.3, 0.4) is 0 Å². The van der Waals surface area contributed by atoms with Crippen LogP contribution in [-0.4, -0.2) is 23.9 Å². The Kier molecular flexibility index (Phi) is 5.74. The van der Waals surface area contributed by atoms with Gasteiger partial charge >= 0.3 is 0 Å². The number of aliphatic hydroxyl groups is 1. The van der Waals surface area contributed by atoms with Gasteiger partial charge in [0.2, 0.25) is 0 Å². The van der Waals surface area contributed by atoms with Crippen LogP contribution >= 0.6 is 0 Å². The van der Waals surface area contributed by atoms with Crippen LogP contribution in [-0.2, 0) is 0 Å². The van der Waals surface area contributed by atoms with Gasteiger partial charge in [0.15, 0.2) is 11.5 Å². The summed E-state index contributed by atoms with van der Waals surface area (Å²) < 4.78 is 11.7. The molecule has 22 heavy (non-hydrogen) atoms. The Bertz CT molecular complexity index is 542. The smallest absolute Gasteiger partial charge is 0.162 e. The van der Waals surface area contributed by atoms with E-state index >= 15 is 0 Å². The van der Waals surface area contributed by atoms with E-state index in [0.29, 0.717) is 12.5 Å². The maximum Gasteiger partial charge on any atom is 0.162 e. The van der Waals surface area contributed by atoms with Crippen LogP contribution in [0.2, 0.25) is 0 Å². The first-order chi connectivity index (χ1) is 10.5. The summed E-state index contributed by atoms with van der Waals surface area (Å²) in [4.78, 5) is 0. The van der Waals surface area contributed by atoms with E-state index in [4.69, 9.17) is 9.47 Å². The molecule has 1 aliphatic rings. The zero-order chi connectivity index (χ0) is 16.0. The second kappa shape index (κ2) is 7.56. The Morgan fingerprint density at radius 3 is 2.64 bits per heavy atom. The van der Waals surface area contributed by atoms with Crippen LogP contribution in [0.5, 0.6) is 11.5 Å². The largest absolute Gasteiger partial charge is 0.490 e. The predicted molar refractivity (Wildman–Crippen MR) is 88.2 cm³/mol. The molecule has 0 heterocycles. The molecule has 3 heteroatoms. The van der Waals surface area contributed by atoms with E-state index in [0.717, 1.165) is 36.5 Å². The highest BCUT2D eigenvalue weighted by atomic mass is 16.5. The Labute approximate surface area is 133 Å². The molecule has 1 aromatic carbocycles. The summed E-state index contributed by atoms with van der Waals surface area (Å²) in [7, 11) is 0. The minimum absolute atomic E-state index is 0.679. The highest BCUT2D eigenvalue weighted by Crippen LogP contribution is 2.33. The van der Waals surface area contributed by atoms with Crippen molar-refractivity contribution in [1.82, 2.24) is 0 Å². The van der Waals surface area contributed by atoms with Gasteiger partial charge < -0.3 is 14.6 Å². The molecule has 120 valence electrons. The summed E-state index contributed by atoms with van der Waals surface area (Å²) >= 11 is 0. The molecule has 0 radical (unpaired) electrons. The van der Waals surface area contributed by atoms with Crippen molar-refractivity contribution in [3.63, 3.8) is 0 Å². The molecule has 3 nitrogen and oxygen atoms in total. The van der Waals surface area contributed by atoms with E-state index in [-0.39, 0.29) is 0 Å². The molecule has 0 bridgehead atoms. The van der Waals surface area contributed by atoms with Crippen molar-refractivity contribution < 1.29 is 14.6 Å². The maximum atomic E-state index is 9.70. The standard InChI is InChI=1S/C19H26O3/c1-4-5-12-21-18-13-15(10-11-19(2,3)20)8-9-17(18)22-14-16-6-7-16/h8-9,13,16,20H,4-7,12,14H2,1-3H3. The zero-order valence-corrected chi connectivity index (χ0v) is 13.8. The molecule has 0 spiro atoms. The van der Waals surface area contributed by atoms with Crippen molar-refractivity contribution >= 4 is 0 Å². The highest BCUT2D eigenvalue weighted by molar-refractivity contribution is 5.48. The first kappa shape index (κ1) is 16.7. The normalized spacial score (nSPS) is 14.2. The number of hydrogen-bond donors (Lipinski definition) is 1. The molecule has 1 saturated carbocycles. The minimum atomic E-state index is -0.996. The van der Waals surface area contributed by atoms with Crippen molar-refractivity contribution in [3.05, 3.63) is 23.8 Å². The fourth-order valence-corrected chi connectivity index (χ4v) is 1.86. The molecule has 2 rings (SSSR count). The minimum Gasteiger partial charge on any atom is -0.490 e. The van der Waals surface area contributed by atoms with E-state index in [1.165, 1.54) is 12.8 Å². The number of rotatable bonds is 7. The van der Waals surface area contributed by atoms with Crippen molar-refractivity contribution in [2.45, 2.75) is 52.1 Å². The predicted octanol–water partition coefficient (Wildman–Crippen LogP) is 3.78. The number of benzene rings is 1. The molecule has 1 fully saturated rings. The number of ether oxygens (including phenoxy) is 2. The molecule has 0 unspecified atom stereocenters. The van der Waals surface area contributed by atoms with E-state index in [2.05, 4.69) is 18.8 Å². The van der Waals surface area contributed by atoms with E-state index in [1.54, 1.807) is 13.8 Å². The van der Waals surface area contributed by atoms with Gasteiger partial charge in [-0.05, 0) is 57.2 Å². The fraction of sp³-hybridized carbons (Fsp3) is 0.579. The Morgan fingerprint density at radius 1 is 1.23 bits per heavy atom. The third kappa shape index (κ3) is 5.99. The molecular weight excluding hydrogens is 276 g/mol.